The molecular weight excluding hydrogens is 392 g/mol. The first-order chi connectivity index (χ1) is 14.5. The van der Waals surface area contributed by atoms with Crippen LogP contribution < -0.4 is 0 Å². The lowest BCUT2D eigenvalue weighted by molar-refractivity contribution is -0.132. The van der Waals surface area contributed by atoms with Gasteiger partial charge in [-0.1, -0.05) is 30.3 Å². The SMILES string of the molecule is Cc1ccc(C(C(=O)N(C)C)(c2ccc(F)cc2C)c2ccc(F)c(C)c2C)cc1C.[HH].[HH].[HH].[HH].[HH].[HH].[HH].[HH].[HH].[HH].[HH].[HH].[HH].[HH].[HH].[HH].[HH].[HH].[HH].[HH].[HH].[HH].[HH].[HH].[HH].[HH].[HH].[HH].[HH].[HH]. The van der Waals surface area contributed by atoms with Crippen LogP contribution in [0.25, 0.3) is 0 Å². The first-order valence-corrected chi connectivity index (χ1v) is 10.3. The molecule has 0 aromatic heterocycles. The van der Waals surface area contributed by atoms with Gasteiger partial charge < -0.3 is 4.90 Å². The normalized spacial score (nSPS) is 13.1. The Labute approximate surface area is 228 Å². The zero-order valence-electron chi connectivity index (χ0n) is 19.2. The van der Waals surface area contributed by atoms with Crippen LogP contribution in [0.2, 0.25) is 0 Å². The lowest BCUT2D eigenvalue weighted by atomic mass is 9.65. The number of rotatable bonds is 4. The minimum Gasteiger partial charge on any atom is -0.347 e. The summed E-state index contributed by atoms with van der Waals surface area (Å²) < 4.78 is 28.5. The number of hydrogen-bond donors (Lipinski definition) is 0. The molecule has 0 N–H and O–H groups in total. The lowest BCUT2D eigenvalue weighted by Gasteiger charge is -2.39. The summed E-state index contributed by atoms with van der Waals surface area (Å²) in [4.78, 5) is 15.6. The van der Waals surface area contributed by atoms with Crippen molar-refractivity contribution in [2.24, 2.45) is 0 Å². The largest absolute Gasteiger partial charge is 0.347 e. The zero-order valence-corrected chi connectivity index (χ0v) is 19.2. The molecule has 1 unspecified atom stereocenters. The van der Waals surface area contributed by atoms with E-state index in [1.54, 1.807) is 38.1 Å². The third-order valence-corrected chi connectivity index (χ3v) is 6.38. The molecule has 0 aliphatic rings. The molecule has 0 fully saturated rings. The molecule has 3 aromatic rings. The van der Waals surface area contributed by atoms with E-state index in [9.17, 15) is 13.6 Å². The standard InChI is InChI=1S/C27H29F2NO.30H2/c1-16-8-9-21(14-17(16)2)27(26(31)30(6)7,23-11-10-22(28)15-18(23)3)24-12-13-25(29)20(5)19(24)4;;;;;;;;;;;;;;;;;;;;;;;;;;;;;;/h8-15H,1-7H3;30*1H. The van der Waals surface area contributed by atoms with Gasteiger partial charge in [-0.25, -0.2) is 8.78 Å². The van der Waals surface area contributed by atoms with Crippen LogP contribution in [0.15, 0.2) is 48.5 Å². The highest BCUT2D eigenvalue weighted by Crippen LogP contribution is 2.45. The molecule has 1 amide bonds. The molecule has 31 heavy (non-hydrogen) atoms. The Morgan fingerprint density at radius 2 is 1.42 bits per heavy atom. The van der Waals surface area contributed by atoms with E-state index in [0.29, 0.717) is 27.8 Å². The number of hydrogen-bond acceptors (Lipinski definition) is 1. The van der Waals surface area contributed by atoms with E-state index in [2.05, 4.69) is 0 Å². The smallest absolute Gasteiger partial charge is 0.241 e. The summed E-state index contributed by atoms with van der Waals surface area (Å²) in [7, 11) is 3.42. The third-order valence-electron chi connectivity index (χ3n) is 6.38. The van der Waals surface area contributed by atoms with Gasteiger partial charge in [-0.15, -0.1) is 0 Å². The van der Waals surface area contributed by atoms with Crippen molar-refractivity contribution in [3.8, 4) is 0 Å². The summed E-state index contributed by atoms with van der Waals surface area (Å²) in [5.41, 5.74) is 4.93. The first-order valence-electron chi connectivity index (χ1n) is 10.3. The quantitative estimate of drug-likeness (QED) is 0.339. The molecule has 2 nitrogen and oxygen atoms in total. The Bertz CT molecular complexity index is 1230. The molecular formula is C27H89F2NO. The van der Waals surface area contributed by atoms with E-state index < -0.39 is 5.41 Å². The molecule has 0 heterocycles. The number of carbonyl (C=O) groups excluding carboxylic acids is 1. The van der Waals surface area contributed by atoms with Gasteiger partial charge in [-0.2, -0.15) is 0 Å². The van der Waals surface area contributed by atoms with Gasteiger partial charge in [0.05, 0.1) is 0 Å². The number of aryl methyl sites for hydroxylation is 3. The third kappa shape index (κ3) is 3.65. The maximum Gasteiger partial charge on any atom is 0.241 e. The van der Waals surface area contributed by atoms with E-state index in [-0.39, 0.29) is 60.3 Å². The fourth-order valence-electron chi connectivity index (χ4n) is 4.36. The number of carbonyl (C=O) groups is 1. The van der Waals surface area contributed by atoms with Crippen LogP contribution in [0.1, 0.15) is 87.3 Å². The van der Waals surface area contributed by atoms with Gasteiger partial charge in [-0.05, 0) is 97.3 Å². The number of halogens is 2. The Hall–Kier alpha value is -3.01. The van der Waals surface area contributed by atoms with Crippen molar-refractivity contribution in [1.29, 1.82) is 0 Å². The van der Waals surface area contributed by atoms with Gasteiger partial charge in [0.1, 0.15) is 17.0 Å². The first kappa shape index (κ1) is 22.7. The highest BCUT2D eigenvalue weighted by Gasteiger charge is 2.47. The summed E-state index contributed by atoms with van der Waals surface area (Å²) in [6.45, 7) is 9.39. The van der Waals surface area contributed by atoms with E-state index >= 15 is 0 Å². The fraction of sp³-hybridized carbons (Fsp3) is 0.296. The number of benzene rings is 3. The predicted octanol–water partition coefficient (Wildman–Crippen LogP) is 13.3. The Morgan fingerprint density at radius 1 is 0.774 bits per heavy atom. The van der Waals surface area contributed by atoms with Crippen molar-refractivity contribution >= 4 is 5.91 Å². The average molecular weight is 482 g/mol. The topological polar surface area (TPSA) is 20.3 Å². The molecule has 3 rings (SSSR count). The minimum absolute atomic E-state index is 0. The predicted molar refractivity (Wildman–Crippen MR) is 185 cm³/mol. The molecule has 0 radical (unpaired) electrons. The van der Waals surface area contributed by atoms with Gasteiger partial charge in [0.25, 0.3) is 0 Å². The highest BCUT2D eigenvalue weighted by atomic mass is 19.1. The summed E-state index contributed by atoms with van der Waals surface area (Å²) in [6, 6.07) is 13.6. The van der Waals surface area contributed by atoms with Crippen molar-refractivity contribution in [3.63, 3.8) is 0 Å². The van der Waals surface area contributed by atoms with Crippen molar-refractivity contribution in [2.45, 2.75) is 40.0 Å². The molecule has 0 spiro atoms. The van der Waals surface area contributed by atoms with Crippen LogP contribution in [0.3, 0.4) is 0 Å². The average Bonchev–Trinajstić information content (AvgIpc) is 2.71. The monoisotopic (exact) mass is 482 g/mol. The molecule has 0 saturated heterocycles. The van der Waals surface area contributed by atoms with Gasteiger partial charge in [0, 0.05) is 56.9 Å². The maximum absolute atomic E-state index is 14.4. The van der Waals surface area contributed by atoms with Crippen molar-refractivity contribution in [2.75, 3.05) is 14.1 Å². The minimum atomic E-state index is -1.25. The molecule has 4 heteroatoms. The second-order valence-electron chi connectivity index (χ2n) is 8.55. The maximum atomic E-state index is 14.4. The van der Waals surface area contributed by atoms with Gasteiger partial charge >= 0.3 is 0 Å². The van der Waals surface area contributed by atoms with Crippen LogP contribution in [0.4, 0.5) is 8.78 Å². The summed E-state index contributed by atoms with van der Waals surface area (Å²) in [5, 5.41) is 0. The molecule has 0 bridgehead atoms. The molecule has 3 aromatic carbocycles. The molecule has 0 aliphatic carbocycles. The van der Waals surface area contributed by atoms with Crippen LogP contribution in [0, 0.1) is 46.3 Å². The fourth-order valence-corrected chi connectivity index (χ4v) is 4.36. The number of nitrogens with zero attached hydrogens (tertiary/aromatic N) is 1. The summed E-state index contributed by atoms with van der Waals surface area (Å²) in [6.07, 6.45) is 0. The summed E-state index contributed by atoms with van der Waals surface area (Å²) >= 11 is 0. The van der Waals surface area contributed by atoms with Crippen LogP contribution in [-0.4, -0.2) is 24.9 Å². The number of amides is 1. The van der Waals surface area contributed by atoms with Crippen molar-refractivity contribution in [3.05, 3.63) is 105 Å². The van der Waals surface area contributed by atoms with Crippen LogP contribution in [-0.2, 0) is 10.2 Å². The van der Waals surface area contributed by atoms with Crippen LogP contribution >= 0.6 is 0 Å². The van der Waals surface area contributed by atoms with Crippen molar-refractivity contribution in [1.82, 2.24) is 4.90 Å². The summed E-state index contributed by atoms with van der Waals surface area (Å²) in [5.74, 6) is -0.845. The van der Waals surface area contributed by atoms with E-state index in [1.807, 2.05) is 45.9 Å². The highest BCUT2D eigenvalue weighted by molar-refractivity contribution is 5.97. The van der Waals surface area contributed by atoms with Gasteiger partial charge in [-0.3, -0.25) is 4.79 Å². The van der Waals surface area contributed by atoms with E-state index in [4.69, 9.17) is 0 Å². The van der Waals surface area contributed by atoms with Crippen molar-refractivity contribution < 1.29 is 56.4 Å². The van der Waals surface area contributed by atoms with Gasteiger partial charge in [0.15, 0.2) is 0 Å². The van der Waals surface area contributed by atoms with E-state index in [1.165, 1.54) is 18.2 Å². The second-order valence-corrected chi connectivity index (χ2v) is 8.55. The Kier molecular flexibility index (Phi) is 6.04. The Morgan fingerprint density at radius 3 is 2.00 bits per heavy atom. The molecule has 222 valence electrons. The number of likely N-dealkylation sites (N-methyl/N-ethyl adjacent to an activating group) is 1. The second kappa shape index (κ2) is 8.26. The molecule has 0 aliphatic heterocycles. The Balaban J connectivity index is -0.0000000140. The van der Waals surface area contributed by atoms with E-state index in [0.717, 1.165) is 16.7 Å². The van der Waals surface area contributed by atoms with Gasteiger partial charge in [0.2, 0.25) is 5.91 Å². The lowest BCUT2D eigenvalue weighted by Crippen LogP contribution is -2.47. The molecule has 0 saturated carbocycles. The van der Waals surface area contributed by atoms with Crippen LogP contribution in [0.5, 0.6) is 0 Å². The molecule has 1 atom stereocenters. The zero-order chi connectivity index (χ0) is 23.1.